The van der Waals surface area contributed by atoms with Crippen LogP contribution in [0.3, 0.4) is 0 Å². The van der Waals surface area contributed by atoms with Gasteiger partial charge in [-0.3, -0.25) is 0 Å². The van der Waals surface area contributed by atoms with E-state index in [0.29, 0.717) is 11.6 Å². The Hall–Kier alpha value is -3.18. The van der Waals surface area contributed by atoms with Crippen molar-refractivity contribution in [3.8, 4) is 17.2 Å². The minimum atomic E-state index is -0.448. The van der Waals surface area contributed by atoms with Crippen molar-refractivity contribution in [2.45, 2.75) is 25.6 Å². The molecule has 3 aromatic carbocycles. The zero-order valence-corrected chi connectivity index (χ0v) is 18.2. The standard InChI is InChI=1S/C25H23ClN2O3/c1-3-30-23-13-7-11-19-22-15-21(16-8-6-9-17(14-16)29-2)27-28(22)25(31-24(19)23)18-10-4-5-12-20(18)26/h4-14,22,25H,3,15H2,1-2H3/t22-,25-/m1/s1. The highest BCUT2D eigenvalue weighted by molar-refractivity contribution is 6.31. The van der Waals surface area contributed by atoms with Gasteiger partial charge in [-0.25, -0.2) is 5.01 Å². The van der Waals surface area contributed by atoms with Gasteiger partial charge in [0.15, 0.2) is 11.5 Å². The molecule has 158 valence electrons. The first-order chi connectivity index (χ1) is 15.2. The van der Waals surface area contributed by atoms with E-state index in [9.17, 15) is 0 Å². The molecule has 2 aliphatic rings. The fourth-order valence-electron chi connectivity index (χ4n) is 4.21. The Kier molecular flexibility index (Phi) is 5.20. The number of hydrogen-bond acceptors (Lipinski definition) is 5. The minimum absolute atomic E-state index is 0.0200. The lowest BCUT2D eigenvalue weighted by Crippen LogP contribution is -2.34. The van der Waals surface area contributed by atoms with Crippen LogP contribution in [0.4, 0.5) is 0 Å². The second kappa shape index (κ2) is 8.16. The smallest absolute Gasteiger partial charge is 0.215 e. The summed E-state index contributed by atoms with van der Waals surface area (Å²) in [7, 11) is 1.67. The molecule has 0 saturated carbocycles. The van der Waals surface area contributed by atoms with E-state index in [-0.39, 0.29) is 6.04 Å². The third-order valence-electron chi connectivity index (χ3n) is 5.65. The van der Waals surface area contributed by atoms with E-state index in [0.717, 1.165) is 46.1 Å². The largest absolute Gasteiger partial charge is 0.497 e. The molecule has 0 fully saturated rings. The quantitative estimate of drug-likeness (QED) is 0.494. The highest BCUT2D eigenvalue weighted by atomic mass is 35.5. The number of hydrazone groups is 1. The summed E-state index contributed by atoms with van der Waals surface area (Å²) >= 11 is 6.57. The molecular formula is C25H23ClN2O3. The molecule has 0 aromatic heterocycles. The van der Waals surface area contributed by atoms with Crippen molar-refractivity contribution in [1.29, 1.82) is 0 Å². The van der Waals surface area contributed by atoms with Gasteiger partial charge in [-0.05, 0) is 31.2 Å². The monoisotopic (exact) mass is 434 g/mol. The molecule has 2 atom stereocenters. The Bertz CT molecular complexity index is 1150. The lowest BCUT2D eigenvalue weighted by molar-refractivity contribution is -0.0211. The van der Waals surface area contributed by atoms with Crippen LogP contribution in [0.5, 0.6) is 17.2 Å². The zero-order chi connectivity index (χ0) is 21.4. The average Bonchev–Trinajstić information content (AvgIpc) is 3.25. The van der Waals surface area contributed by atoms with Crippen LogP contribution >= 0.6 is 11.6 Å². The van der Waals surface area contributed by atoms with Crippen LogP contribution < -0.4 is 14.2 Å². The first-order valence-corrected chi connectivity index (χ1v) is 10.7. The molecule has 0 aliphatic carbocycles. The van der Waals surface area contributed by atoms with Crippen LogP contribution in [0.2, 0.25) is 5.02 Å². The summed E-state index contributed by atoms with van der Waals surface area (Å²) in [6.07, 6.45) is 0.302. The topological polar surface area (TPSA) is 43.3 Å². The molecule has 31 heavy (non-hydrogen) atoms. The van der Waals surface area contributed by atoms with Crippen molar-refractivity contribution in [3.05, 3.63) is 88.4 Å². The van der Waals surface area contributed by atoms with Gasteiger partial charge in [-0.15, -0.1) is 0 Å². The van der Waals surface area contributed by atoms with E-state index < -0.39 is 6.23 Å². The summed E-state index contributed by atoms with van der Waals surface area (Å²) in [5.41, 5.74) is 3.96. The van der Waals surface area contributed by atoms with Crippen molar-refractivity contribution < 1.29 is 14.2 Å². The fourth-order valence-corrected chi connectivity index (χ4v) is 4.44. The third-order valence-corrected chi connectivity index (χ3v) is 6.00. The zero-order valence-electron chi connectivity index (χ0n) is 17.4. The third kappa shape index (κ3) is 3.49. The summed E-state index contributed by atoms with van der Waals surface area (Å²) in [5, 5.41) is 7.67. The molecule has 2 aliphatic heterocycles. The summed E-state index contributed by atoms with van der Waals surface area (Å²) in [4.78, 5) is 0. The summed E-state index contributed by atoms with van der Waals surface area (Å²) < 4.78 is 17.8. The fraction of sp³-hybridized carbons (Fsp3) is 0.240. The lowest BCUT2D eigenvalue weighted by Gasteiger charge is -2.39. The van der Waals surface area contributed by atoms with E-state index >= 15 is 0 Å². The Balaban J connectivity index is 1.62. The molecule has 6 heteroatoms. The number of hydrogen-bond donors (Lipinski definition) is 0. The van der Waals surface area contributed by atoms with Crippen LogP contribution in [0.15, 0.2) is 71.8 Å². The molecule has 0 bridgehead atoms. The minimum Gasteiger partial charge on any atom is -0.497 e. The van der Waals surface area contributed by atoms with Gasteiger partial charge in [0.05, 0.1) is 25.5 Å². The molecule has 0 unspecified atom stereocenters. The Labute approximate surface area is 186 Å². The van der Waals surface area contributed by atoms with Gasteiger partial charge < -0.3 is 14.2 Å². The van der Waals surface area contributed by atoms with Gasteiger partial charge in [-0.2, -0.15) is 5.10 Å². The number of benzene rings is 3. The molecular weight excluding hydrogens is 412 g/mol. The predicted molar refractivity (Wildman–Crippen MR) is 121 cm³/mol. The van der Waals surface area contributed by atoms with E-state index in [2.05, 4.69) is 12.1 Å². The van der Waals surface area contributed by atoms with E-state index in [1.165, 1.54) is 0 Å². The van der Waals surface area contributed by atoms with Crippen LogP contribution in [0.25, 0.3) is 0 Å². The Morgan fingerprint density at radius 3 is 2.68 bits per heavy atom. The maximum absolute atomic E-state index is 6.57. The molecule has 5 nitrogen and oxygen atoms in total. The molecule has 0 saturated heterocycles. The van der Waals surface area contributed by atoms with Crippen molar-refractivity contribution >= 4 is 17.3 Å². The average molecular weight is 435 g/mol. The van der Waals surface area contributed by atoms with Crippen molar-refractivity contribution in [2.24, 2.45) is 5.10 Å². The maximum atomic E-state index is 6.57. The summed E-state index contributed by atoms with van der Waals surface area (Å²) in [6.45, 7) is 2.54. The first kappa shape index (κ1) is 19.8. The number of ether oxygens (including phenoxy) is 3. The summed E-state index contributed by atoms with van der Waals surface area (Å²) in [5.74, 6) is 2.31. The van der Waals surface area contributed by atoms with Gasteiger partial charge in [0.25, 0.3) is 0 Å². The highest BCUT2D eigenvalue weighted by Gasteiger charge is 2.42. The molecule has 0 radical (unpaired) electrons. The second-order valence-corrected chi connectivity index (χ2v) is 7.89. The molecule has 0 spiro atoms. The van der Waals surface area contributed by atoms with Gasteiger partial charge in [0, 0.05) is 28.1 Å². The first-order valence-electron chi connectivity index (χ1n) is 10.4. The lowest BCUT2D eigenvalue weighted by atomic mass is 9.95. The van der Waals surface area contributed by atoms with Crippen LogP contribution in [-0.4, -0.2) is 24.4 Å². The van der Waals surface area contributed by atoms with E-state index in [1.807, 2.05) is 66.5 Å². The van der Waals surface area contributed by atoms with Gasteiger partial charge >= 0.3 is 0 Å². The maximum Gasteiger partial charge on any atom is 0.215 e. The van der Waals surface area contributed by atoms with Crippen LogP contribution in [-0.2, 0) is 0 Å². The number of methoxy groups -OCH3 is 1. The van der Waals surface area contributed by atoms with Crippen molar-refractivity contribution in [2.75, 3.05) is 13.7 Å². The number of rotatable bonds is 5. The van der Waals surface area contributed by atoms with Crippen molar-refractivity contribution in [1.82, 2.24) is 5.01 Å². The molecule has 2 heterocycles. The van der Waals surface area contributed by atoms with Crippen LogP contribution in [0.1, 0.15) is 42.3 Å². The van der Waals surface area contributed by atoms with Crippen molar-refractivity contribution in [3.63, 3.8) is 0 Å². The van der Waals surface area contributed by atoms with Gasteiger partial charge in [-0.1, -0.05) is 54.1 Å². The second-order valence-electron chi connectivity index (χ2n) is 7.48. The summed E-state index contributed by atoms with van der Waals surface area (Å²) in [6, 6.07) is 21.8. The SMILES string of the molecule is CCOc1cccc2c1O[C@H](c1ccccc1Cl)N1N=C(c3cccc(OC)c3)C[C@H]21. The molecule has 0 amide bonds. The number of nitrogens with zero attached hydrogens (tertiary/aromatic N) is 2. The van der Waals surface area contributed by atoms with E-state index in [1.54, 1.807) is 7.11 Å². The molecule has 0 N–H and O–H groups in total. The normalized spacial score (nSPS) is 19.2. The number of para-hydroxylation sites is 1. The predicted octanol–water partition coefficient (Wildman–Crippen LogP) is 5.99. The van der Waals surface area contributed by atoms with Gasteiger partial charge in [0.2, 0.25) is 6.23 Å². The van der Waals surface area contributed by atoms with Crippen LogP contribution in [0, 0.1) is 0 Å². The molecule has 5 rings (SSSR count). The number of fused-ring (bicyclic) bond motifs is 3. The highest BCUT2D eigenvalue weighted by Crippen LogP contribution is 2.51. The Morgan fingerprint density at radius 2 is 1.87 bits per heavy atom. The number of halogens is 1. The van der Waals surface area contributed by atoms with Gasteiger partial charge in [0.1, 0.15) is 5.75 Å². The molecule has 3 aromatic rings. The Morgan fingerprint density at radius 1 is 1.06 bits per heavy atom. The van der Waals surface area contributed by atoms with E-state index in [4.69, 9.17) is 30.9 Å².